The molecule has 1 rings (SSSR count). The van der Waals surface area contributed by atoms with Crippen LogP contribution < -0.4 is 5.32 Å². The Morgan fingerprint density at radius 3 is 2.39 bits per heavy atom. The molecule has 1 N–H and O–H groups in total. The van der Waals surface area contributed by atoms with Gasteiger partial charge in [0.2, 0.25) is 0 Å². The van der Waals surface area contributed by atoms with Crippen LogP contribution in [-0.2, 0) is 6.42 Å². The first-order valence-corrected chi connectivity index (χ1v) is 7.42. The molecule has 3 heteroatoms. The van der Waals surface area contributed by atoms with Gasteiger partial charge in [-0.25, -0.2) is 0 Å². The summed E-state index contributed by atoms with van der Waals surface area (Å²) >= 11 is 11.9. The first-order chi connectivity index (χ1) is 8.49. The molecule has 1 aromatic rings. The normalized spacial score (nSPS) is 13.0. The molecule has 0 saturated heterocycles. The largest absolute Gasteiger partial charge is 0.315 e. The van der Waals surface area contributed by atoms with Gasteiger partial charge in [-0.3, -0.25) is 0 Å². The summed E-state index contributed by atoms with van der Waals surface area (Å²) in [7, 11) is 0. The van der Waals surface area contributed by atoms with Crippen LogP contribution in [0.2, 0.25) is 10.0 Å². The van der Waals surface area contributed by atoms with Crippen LogP contribution in [0.5, 0.6) is 0 Å². The van der Waals surface area contributed by atoms with Crippen molar-refractivity contribution < 1.29 is 0 Å². The van der Waals surface area contributed by atoms with Crippen molar-refractivity contribution in [3.63, 3.8) is 0 Å². The standard InChI is InChI=1S/C15H23Cl2N/c1-11(2)18-9-8-12(3)4-5-13-6-7-14(16)15(17)10-13/h6-7,10-12,18H,4-5,8-9H2,1-3H3. The SMILES string of the molecule is CC(CCNC(C)C)CCc1ccc(Cl)c(Cl)c1. The second kappa shape index (κ2) is 8.04. The third-order valence-corrected chi connectivity index (χ3v) is 3.84. The molecule has 0 aromatic heterocycles. The molecule has 0 aliphatic heterocycles. The van der Waals surface area contributed by atoms with E-state index >= 15 is 0 Å². The third-order valence-electron chi connectivity index (χ3n) is 3.10. The molecule has 0 amide bonds. The molecule has 18 heavy (non-hydrogen) atoms. The van der Waals surface area contributed by atoms with Crippen LogP contribution in [0.25, 0.3) is 0 Å². The van der Waals surface area contributed by atoms with Crippen LogP contribution in [-0.4, -0.2) is 12.6 Å². The van der Waals surface area contributed by atoms with Crippen molar-refractivity contribution >= 4 is 23.2 Å². The van der Waals surface area contributed by atoms with E-state index in [0.717, 1.165) is 18.9 Å². The lowest BCUT2D eigenvalue weighted by molar-refractivity contribution is 0.454. The highest BCUT2D eigenvalue weighted by Gasteiger charge is 2.05. The molecule has 0 bridgehead atoms. The number of nitrogens with one attached hydrogen (secondary N) is 1. The Balaban J connectivity index is 2.29. The van der Waals surface area contributed by atoms with E-state index in [1.54, 1.807) is 0 Å². The average molecular weight is 288 g/mol. The van der Waals surface area contributed by atoms with E-state index in [-0.39, 0.29) is 0 Å². The van der Waals surface area contributed by atoms with Gasteiger partial charge in [0.15, 0.2) is 0 Å². The first kappa shape index (κ1) is 15.8. The maximum absolute atomic E-state index is 6.01. The van der Waals surface area contributed by atoms with Crippen molar-refractivity contribution in [3.8, 4) is 0 Å². The van der Waals surface area contributed by atoms with Gasteiger partial charge >= 0.3 is 0 Å². The molecule has 0 radical (unpaired) electrons. The fraction of sp³-hybridized carbons (Fsp3) is 0.600. The fourth-order valence-electron chi connectivity index (χ4n) is 1.87. The third kappa shape index (κ3) is 6.08. The highest BCUT2D eigenvalue weighted by atomic mass is 35.5. The van der Waals surface area contributed by atoms with E-state index < -0.39 is 0 Å². The zero-order valence-corrected chi connectivity index (χ0v) is 13.0. The number of halogens is 2. The van der Waals surface area contributed by atoms with Crippen LogP contribution in [0, 0.1) is 5.92 Å². The highest BCUT2D eigenvalue weighted by molar-refractivity contribution is 6.42. The zero-order valence-electron chi connectivity index (χ0n) is 11.5. The smallest absolute Gasteiger partial charge is 0.0595 e. The van der Waals surface area contributed by atoms with Crippen LogP contribution in [0.3, 0.4) is 0 Å². The van der Waals surface area contributed by atoms with Crippen molar-refractivity contribution in [1.29, 1.82) is 0 Å². The lowest BCUT2D eigenvalue weighted by Gasteiger charge is -2.13. The van der Waals surface area contributed by atoms with Gasteiger partial charge in [-0.15, -0.1) is 0 Å². The Labute approximate surface area is 121 Å². The van der Waals surface area contributed by atoms with Crippen LogP contribution in [0.4, 0.5) is 0 Å². The van der Waals surface area contributed by atoms with Crippen molar-refractivity contribution in [2.24, 2.45) is 5.92 Å². The van der Waals surface area contributed by atoms with E-state index in [1.807, 2.05) is 12.1 Å². The minimum absolute atomic E-state index is 0.576. The predicted octanol–water partition coefficient (Wildman–Crippen LogP) is 4.95. The molecule has 0 heterocycles. The van der Waals surface area contributed by atoms with Gasteiger partial charge in [-0.05, 0) is 49.4 Å². The summed E-state index contributed by atoms with van der Waals surface area (Å²) in [6.07, 6.45) is 3.48. The van der Waals surface area contributed by atoms with E-state index in [9.17, 15) is 0 Å². The van der Waals surface area contributed by atoms with Gasteiger partial charge in [-0.2, -0.15) is 0 Å². The number of hydrogen-bond donors (Lipinski definition) is 1. The lowest BCUT2D eigenvalue weighted by atomic mass is 9.98. The Bertz CT molecular complexity index is 364. The van der Waals surface area contributed by atoms with Crippen molar-refractivity contribution in [2.75, 3.05) is 6.54 Å². The van der Waals surface area contributed by atoms with E-state index in [1.165, 1.54) is 18.4 Å². The summed E-state index contributed by atoms with van der Waals surface area (Å²) in [5.74, 6) is 0.728. The van der Waals surface area contributed by atoms with Gasteiger partial charge < -0.3 is 5.32 Å². The van der Waals surface area contributed by atoms with E-state index in [0.29, 0.717) is 16.1 Å². The lowest BCUT2D eigenvalue weighted by Crippen LogP contribution is -2.24. The van der Waals surface area contributed by atoms with Crippen molar-refractivity contribution in [2.45, 2.75) is 46.1 Å². The van der Waals surface area contributed by atoms with Gasteiger partial charge in [0.05, 0.1) is 10.0 Å². The van der Waals surface area contributed by atoms with Crippen molar-refractivity contribution in [1.82, 2.24) is 5.32 Å². The van der Waals surface area contributed by atoms with E-state index in [4.69, 9.17) is 23.2 Å². The second-order valence-electron chi connectivity index (χ2n) is 5.29. The van der Waals surface area contributed by atoms with Gasteiger partial charge in [0.1, 0.15) is 0 Å². The van der Waals surface area contributed by atoms with Crippen molar-refractivity contribution in [3.05, 3.63) is 33.8 Å². The summed E-state index contributed by atoms with van der Waals surface area (Å²) < 4.78 is 0. The molecule has 0 aliphatic rings. The summed E-state index contributed by atoms with van der Waals surface area (Å²) in [5, 5.41) is 4.74. The number of benzene rings is 1. The molecule has 0 fully saturated rings. The van der Waals surface area contributed by atoms with Crippen LogP contribution >= 0.6 is 23.2 Å². The first-order valence-electron chi connectivity index (χ1n) is 6.66. The maximum atomic E-state index is 6.01. The molecule has 1 atom stereocenters. The highest BCUT2D eigenvalue weighted by Crippen LogP contribution is 2.24. The molecule has 0 aliphatic carbocycles. The number of rotatable bonds is 7. The van der Waals surface area contributed by atoms with Gasteiger partial charge in [0.25, 0.3) is 0 Å². The molecule has 102 valence electrons. The zero-order chi connectivity index (χ0) is 13.5. The summed E-state index contributed by atoms with van der Waals surface area (Å²) in [4.78, 5) is 0. The second-order valence-corrected chi connectivity index (χ2v) is 6.10. The molecular weight excluding hydrogens is 265 g/mol. The minimum atomic E-state index is 0.576. The monoisotopic (exact) mass is 287 g/mol. The number of hydrogen-bond acceptors (Lipinski definition) is 1. The summed E-state index contributed by atoms with van der Waals surface area (Å²) in [5.41, 5.74) is 1.27. The van der Waals surface area contributed by atoms with Gasteiger partial charge in [0, 0.05) is 6.04 Å². The molecular formula is C15H23Cl2N. The van der Waals surface area contributed by atoms with Crippen LogP contribution in [0.15, 0.2) is 18.2 Å². The maximum Gasteiger partial charge on any atom is 0.0595 e. The average Bonchev–Trinajstić information content (AvgIpc) is 2.30. The Morgan fingerprint density at radius 1 is 1.06 bits per heavy atom. The summed E-state index contributed by atoms with van der Waals surface area (Å²) in [6, 6.07) is 6.49. The predicted molar refractivity (Wildman–Crippen MR) is 81.7 cm³/mol. The Morgan fingerprint density at radius 2 is 1.78 bits per heavy atom. The molecule has 1 aromatic carbocycles. The molecule has 0 spiro atoms. The topological polar surface area (TPSA) is 12.0 Å². The molecule has 1 nitrogen and oxygen atoms in total. The van der Waals surface area contributed by atoms with E-state index in [2.05, 4.69) is 32.2 Å². The number of aryl methyl sites for hydroxylation is 1. The van der Waals surface area contributed by atoms with Gasteiger partial charge in [-0.1, -0.05) is 50.0 Å². The summed E-state index contributed by atoms with van der Waals surface area (Å²) in [6.45, 7) is 7.76. The Kier molecular flexibility index (Phi) is 7.06. The quantitative estimate of drug-likeness (QED) is 0.748. The molecule has 0 saturated carbocycles. The van der Waals surface area contributed by atoms with Crippen LogP contribution in [0.1, 0.15) is 39.2 Å². The Hall–Kier alpha value is -0.240. The molecule has 1 unspecified atom stereocenters. The minimum Gasteiger partial charge on any atom is -0.315 e. The fourth-order valence-corrected chi connectivity index (χ4v) is 2.19.